The van der Waals surface area contributed by atoms with Gasteiger partial charge < -0.3 is 14.5 Å². The molecule has 0 aliphatic carbocycles. The molecular formula is C20H17ClFNO4. The molecule has 0 fully saturated rings. The van der Waals surface area contributed by atoms with E-state index in [1.54, 1.807) is 0 Å². The summed E-state index contributed by atoms with van der Waals surface area (Å²) in [6.45, 7) is 3.49. The van der Waals surface area contributed by atoms with E-state index < -0.39 is 24.3 Å². The second kappa shape index (κ2) is 7.80. The van der Waals surface area contributed by atoms with E-state index in [0.717, 1.165) is 22.6 Å². The molecule has 140 valence electrons. The van der Waals surface area contributed by atoms with E-state index in [1.807, 2.05) is 26.0 Å². The number of carbonyl (C=O) groups excluding carboxylic acids is 2. The topological polar surface area (TPSA) is 68.5 Å². The second-order valence-corrected chi connectivity index (χ2v) is 6.61. The summed E-state index contributed by atoms with van der Waals surface area (Å²) >= 11 is 5.84. The molecule has 1 N–H and O–H groups in total. The summed E-state index contributed by atoms with van der Waals surface area (Å²) in [7, 11) is 0. The van der Waals surface area contributed by atoms with Crippen LogP contribution in [0.1, 0.15) is 16.7 Å². The summed E-state index contributed by atoms with van der Waals surface area (Å²) in [4.78, 5) is 23.9. The minimum absolute atomic E-state index is 0.0138. The van der Waals surface area contributed by atoms with Crippen molar-refractivity contribution in [2.45, 2.75) is 20.3 Å². The summed E-state index contributed by atoms with van der Waals surface area (Å²) in [5.74, 6) is -1.64. The van der Waals surface area contributed by atoms with Gasteiger partial charge in [0, 0.05) is 10.9 Å². The van der Waals surface area contributed by atoms with Crippen molar-refractivity contribution in [2.24, 2.45) is 0 Å². The maximum atomic E-state index is 13.0. The molecule has 1 heterocycles. The molecule has 0 saturated heterocycles. The average Bonchev–Trinajstić information content (AvgIpc) is 2.98. The number of amides is 1. The molecule has 1 amide bonds. The Bertz CT molecular complexity index is 1030. The number of carbonyl (C=O) groups is 2. The highest BCUT2D eigenvalue weighted by molar-refractivity contribution is 6.33. The van der Waals surface area contributed by atoms with Crippen LogP contribution in [0.4, 0.5) is 10.1 Å². The van der Waals surface area contributed by atoms with Crippen LogP contribution in [0.3, 0.4) is 0 Å². The van der Waals surface area contributed by atoms with Gasteiger partial charge in [-0.05, 0) is 55.3 Å². The zero-order valence-electron chi connectivity index (χ0n) is 14.8. The van der Waals surface area contributed by atoms with Crippen LogP contribution >= 0.6 is 11.6 Å². The Morgan fingerprint density at radius 3 is 2.67 bits per heavy atom. The molecule has 0 aliphatic heterocycles. The van der Waals surface area contributed by atoms with Crippen molar-refractivity contribution < 1.29 is 23.1 Å². The van der Waals surface area contributed by atoms with Crippen LogP contribution < -0.4 is 5.32 Å². The van der Waals surface area contributed by atoms with Crippen LogP contribution in [0.25, 0.3) is 11.0 Å². The zero-order valence-corrected chi connectivity index (χ0v) is 15.5. The average molecular weight is 390 g/mol. The standard InChI is InChI=1S/C20H17ClFNO4/c1-11-5-15-13(9-26-18(15)6-12(11)2)7-20(25)27-10-19(24)23-17-4-3-14(22)8-16(17)21/h3-6,8-9H,7,10H2,1-2H3,(H,23,24). The van der Waals surface area contributed by atoms with Crippen LogP contribution in [0, 0.1) is 19.7 Å². The smallest absolute Gasteiger partial charge is 0.310 e. The van der Waals surface area contributed by atoms with Gasteiger partial charge in [-0.3, -0.25) is 9.59 Å². The Morgan fingerprint density at radius 1 is 1.19 bits per heavy atom. The van der Waals surface area contributed by atoms with E-state index in [2.05, 4.69) is 5.32 Å². The fraction of sp³-hybridized carbons (Fsp3) is 0.200. The molecular weight excluding hydrogens is 373 g/mol. The Kier molecular flexibility index (Phi) is 5.46. The molecule has 27 heavy (non-hydrogen) atoms. The van der Waals surface area contributed by atoms with Gasteiger partial charge in [0.05, 0.1) is 23.4 Å². The highest BCUT2D eigenvalue weighted by Crippen LogP contribution is 2.25. The number of nitrogens with one attached hydrogen (secondary N) is 1. The first-order valence-corrected chi connectivity index (χ1v) is 8.59. The molecule has 5 nitrogen and oxygen atoms in total. The van der Waals surface area contributed by atoms with Crippen LogP contribution in [-0.2, 0) is 20.7 Å². The third kappa shape index (κ3) is 4.46. The molecule has 0 radical (unpaired) electrons. The van der Waals surface area contributed by atoms with E-state index in [4.69, 9.17) is 20.8 Å². The first-order valence-electron chi connectivity index (χ1n) is 8.21. The number of esters is 1. The lowest BCUT2D eigenvalue weighted by Crippen LogP contribution is -2.21. The van der Waals surface area contributed by atoms with Crippen molar-refractivity contribution in [1.29, 1.82) is 0 Å². The molecule has 2 aromatic carbocycles. The van der Waals surface area contributed by atoms with Crippen molar-refractivity contribution in [3.05, 3.63) is 64.1 Å². The Morgan fingerprint density at radius 2 is 1.93 bits per heavy atom. The molecule has 0 spiro atoms. The third-order valence-electron chi connectivity index (χ3n) is 4.17. The van der Waals surface area contributed by atoms with Gasteiger partial charge in [0.25, 0.3) is 5.91 Å². The summed E-state index contributed by atoms with van der Waals surface area (Å²) in [6.07, 6.45) is 1.50. The maximum Gasteiger partial charge on any atom is 0.310 e. The van der Waals surface area contributed by atoms with E-state index in [9.17, 15) is 14.0 Å². The molecule has 0 atom stereocenters. The van der Waals surface area contributed by atoms with Crippen LogP contribution in [0.15, 0.2) is 41.0 Å². The number of rotatable bonds is 5. The van der Waals surface area contributed by atoms with Crippen molar-refractivity contribution in [3.63, 3.8) is 0 Å². The Labute approximate surface area is 160 Å². The highest BCUT2D eigenvalue weighted by atomic mass is 35.5. The van der Waals surface area contributed by atoms with Gasteiger partial charge in [0.15, 0.2) is 6.61 Å². The number of benzene rings is 2. The molecule has 0 saturated carbocycles. The van der Waals surface area contributed by atoms with Crippen molar-refractivity contribution in [1.82, 2.24) is 0 Å². The fourth-order valence-electron chi connectivity index (χ4n) is 2.60. The first-order chi connectivity index (χ1) is 12.8. The molecule has 0 aliphatic rings. The summed E-state index contributed by atoms with van der Waals surface area (Å²) in [5.41, 5.74) is 3.83. The lowest BCUT2D eigenvalue weighted by molar-refractivity contribution is -0.146. The van der Waals surface area contributed by atoms with Gasteiger partial charge >= 0.3 is 5.97 Å². The van der Waals surface area contributed by atoms with E-state index >= 15 is 0 Å². The molecule has 0 bridgehead atoms. The summed E-state index contributed by atoms with van der Waals surface area (Å²) in [5, 5.41) is 3.37. The molecule has 0 unspecified atom stereocenters. The summed E-state index contributed by atoms with van der Waals surface area (Å²) < 4.78 is 23.5. The van der Waals surface area contributed by atoms with Gasteiger partial charge in [0.1, 0.15) is 11.4 Å². The molecule has 7 heteroatoms. The number of furan rings is 1. The van der Waals surface area contributed by atoms with Crippen LogP contribution in [-0.4, -0.2) is 18.5 Å². The van der Waals surface area contributed by atoms with E-state index in [1.165, 1.54) is 18.4 Å². The minimum atomic E-state index is -0.569. The van der Waals surface area contributed by atoms with Gasteiger partial charge in [-0.25, -0.2) is 4.39 Å². The third-order valence-corrected chi connectivity index (χ3v) is 4.49. The number of halogens is 2. The first kappa shape index (κ1) is 18.9. The Balaban J connectivity index is 1.58. The quantitative estimate of drug-likeness (QED) is 0.649. The van der Waals surface area contributed by atoms with Gasteiger partial charge in [-0.1, -0.05) is 11.6 Å². The normalized spacial score (nSPS) is 10.8. The SMILES string of the molecule is Cc1cc2occ(CC(=O)OCC(=O)Nc3ccc(F)cc3Cl)c2cc1C. The van der Waals surface area contributed by atoms with Crippen molar-refractivity contribution in [3.8, 4) is 0 Å². The van der Waals surface area contributed by atoms with Crippen molar-refractivity contribution >= 4 is 40.1 Å². The second-order valence-electron chi connectivity index (χ2n) is 6.20. The highest BCUT2D eigenvalue weighted by Gasteiger charge is 2.14. The predicted molar refractivity (Wildman–Crippen MR) is 100 cm³/mol. The van der Waals surface area contributed by atoms with E-state index in [0.29, 0.717) is 11.1 Å². The predicted octanol–water partition coefficient (Wildman–Crippen LogP) is 4.57. The summed E-state index contributed by atoms with van der Waals surface area (Å²) in [6, 6.07) is 7.46. The molecule has 3 rings (SSSR count). The largest absolute Gasteiger partial charge is 0.464 e. The van der Waals surface area contributed by atoms with Gasteiger partial charge in [-0.2, -0.15) is 0 Å². The van der Waals surface area contributed by atoms with E-state index in [-0.39, 0.29) is 17.1 Å². The lowest BCUT2D eigenvalue weighted by Gasteiger charge is -2.08. The zero-order chi connectivity index (χ0) is 19.6. The molecule has 3 aromatic rings. The number of fused-ring (bicyclic) bond motifs is 1. The van der Waals surface area contributed by atoms with Gasteiger partial charge in [0.2, 0.25) is 0 Å². The molecule has 1 aromatic heterocycles. The number of hydrogen-bond acceptors (Lipinski definition) is 4. The Hall–Kier alpha value is -2.86. The minimum Gasteiger partial charge on any atom is -0.464 e. The number of hydrogen-bond donors (Lipinski definition) is 1. The van der Waals surface area contributed by atoms with Crippen LogP contribution in [0.5, 0.6) is 0 Å². The number of ether oxygens (including phenoxy) is 1. The fourth-order valence-corrected chi connectivity index (χ4v) is 2.82. The van der Waals surface area contributed by atoms with Crippen molar-refractivity contribution in [2.75, 3.05) is 11.9 Å². The maximum absolute atomic E-state index is 13.0. The number of anilines is 1. The lowest BCUT2D eigenvalue weighted by atomic mass is 10.0. The van der Waals surface area contributed by atoms with Crippen LogP contribution in [0.2, 0.25) is 5.02 Å². The monoisotopic (exact) mass is 389 g/mol. The number of aryl methyl sites for hydroxylation is 2. The van der Waals surface area contributed by atoms with Gasteiger partial charge in [-0.15, -0.1) is 0 Å².